The molecule has 0 aliphatic carbocycles. The molecule has 1 heterocycles. The van der Waals surface area contributed by atoms with Crippen molar-refractivity contribution in [3.8, 4) is 17.2 Å². The number of ether oxygens (including phenoxy) is 4. The standard InChI is InChI=1S/C23H24Cl2N2O6S/c1-5-31-15-10-13(11-16(32-6-2)21(15)33-7-3)22(29)26-23-27(12-18(28)30-4)20-17(34-23)9-8-14(24)19(20)25/h8-11H,5-7,12H2,1-4H3. The van der Waals surface area contributed by atoms with Gasteiger partial charge in [0, 0.05) is 5.56 Å². The van der Waals surface area contributed by atoms with Gasteiger partial charge in [-0.3, -0.25) is 9.59 Å². The fraction of sp³-hybridized carbons (Fsp3) is 0.348. The van der Waals surface area contributed by atoms with Crippen molar-refractivity contribution < 1.29 is 28.5 Å². The Morgan fingerprint density at radius 2 is 1.62 bits per heavy atom. The summed E-state index contributed by atoms with van der Waals surface area (Å²) < 4.78 is 24.1. The molecule has 2 aromatic carbocycles. The third-order valence-electron chi connectivity index (χ3n) is 4.60. The highest BCUT2D eigenvalue weighted by Crippen LogP contribution is 2.39. The maximum Gasteiger partial charge on any atom is 0.325 e. The van der Waals surface area contributed by atoms with Gasteiger partial charge < -0.3 is 23.5 Å². The highest BCUT2D eigenvalue weighted by atomic mass is 35.5. The highest BCUT2D eigenvalue weighted by Gasteiger charge is 2.20. The number of nitrogens with zero attached hydrogens (tertiary/aromatic N) is 2. The van der Waals surface area contributed by atoms with Crippen LogP contribution in [0.5, 0.6) is 17.2 Å². The van der Waals surface area contributed by atoms with Gasteiger partial charge in [0.15, 0.2) is 16.3 Å². The van der Waals surface area contributed by atoms with Crippen molar-refractivity contribution in [3.05, 3.63) is 44.7 Å². The topological polar surface area (TPSA) is 88.4 Å². The predicted molar refractivity (Wildman–Crippen MR) is 132 cm³/mol. The van der Waals surface area contributed by atoms with Crippen LogP contribution in [-0.2, 0) is 16.1 Å². The Labute approximate surface area is 210 Å². The molecule has 1 aromatic heterocycles. The van der Waals surface area contributed by atoms with Crippen molar-refractivity contribution in [1.82, 2.24) is 4.57 Å². The molecule has 3 aromatic rings. The van der Waals surface area contributed by atoms with Crippen molar-refractivity contribution in [2.24, 2.45) is 4.99 Å². The molecule has 0 fully saturated rings. The second kappa shape index (κ2) is 11.6. The summed E-state index contributed by atoms with van der Waals surface area (Å²) >= 11 is 13.8. The van der Waals surface area contributed by atoms with Crippen LogP contribution in [0.15, 0.2) is 29.3 Å². The Hall–Kier alpha value is -2.75. The first-order valence-electron chi connectivity index (χ1n) is 10.5. The minimum atomic E-state index is -0.558. The predicted octanol–water partition coefficient (Wildman–Crippen LogP) is 5.12. The summed E-state index contributed by atoms with van der Waals surface area (Å²) in [5.41, 5.74) is 0.731. The normalized spacial score (nSPS) is 11.5. The maximum absolute atomic E-state index is 13.2. The molecule has 0 spiro atoms. The number of halogens is 2. The summed E-state index contributed by atoms with van der Waals surface area (Å²) in [6.45, 7) is 6.45. The number of hydrogen-bond acceptors (Lipinski definition) is 7. The van der Waals surface area contributed by atoms with Gasteiger partial charge in [0.1, 0.15) is 6.54 Å². The Morgan fingerprint density at radius 1 is 1.00 bits per heavy atom. The van der Waals surface area contributed by atoms with Crippen LogP contribution < -0.4 is 19.0 Å². The Kier molecular flexibility index (Phi) is 8.82. The van der Waals surface area contributed by atoms with Gasteiger partial charge >= 0.3 is 5.97 Å². The molecule has 3 rings (SSSR count). The first-order chi connectivity index (χ1) is 16.3. The Bertz CT molecular complexity index is 1260. The van der Waals surface area contributed by atoms with E-state index in [1.807, 2.05) is 20.8 Å². The number of methoxy groups -OCH3 is 1. The Morgan fingerprint density at radius 3 is 2.18 bits per heavy atom. The van der Waals surface area contributed by atoms with Gasteiger partial charge in [0.2, 0.25) is 5.75 Å². The largest absolute Gasteiger partial charge is 0.490 e. The lowest BCUT2D eigenvalue weighted by Crippen LogP contribution is -2.22. The third kappa shape index (κ3) is 5.48. The van der Waals surface area contributed by atoms with E-state index in [2.05, 4.69) is 4.99 Å². The molecule has 1 amide bonds. The number of carbonyl (C=O) groups excluding carboxylic acids is 2. The molecule has 0 saturated heterocycles. The van der Waals surface area contributed by atoms with Crippen LogP contribution in [0.1, 0.15) is 31.1 Å². The van der Waals surface area contributed by atoms with Gasteiger partial charge in [-0.05, 0) is 45.0 Å². The van der Waals surface area contributed by atoms with E-state index in [0.717, 1.165) is 0 Å². The molecule has 0 aliphatic rings. The summed E-state index contributed by atoms with van der Waals surface area (Å²) in [7, 11) is 1.28. The zero-order valence-electron chi connectivity index (χ0n) is 19.1. The van der Waals surface area contributed by atoms with E-state index in [9.17, 15) is 9.59 Å². The van der Waals surface area contributed by atoms with E-state index in [-0.39, 0.29) is 21.9 Å². The van der Waals surface area contributed by atoms with E-state index < -0.39 is 11.9 Å². The quantitative estimate of drug-likeness (QED) is 0.359. The Balaban J connectivity index is 2.19. The average molecular weight is 527 g/mol. The molecule has 182 valence electrons. The average Bonchev–Trinajstić information content (AvgIpc) is 3.15. The number of benzene rings is 2. The van der Waals surface area contributed by atoms with Crippen molar-refractivity contribution in [3.63, 3.8) is 0 Å². The molecular weight excluding hydrogens is 503 g/mol. The van der Waals surface area contributed by atoms with E-state index in [0.29, 0.717) is 52.3 Å². The van der Waals surface area contributed by atoms with Gasteiger partial charge in [-0.25, -0.2) is 0 Å². The molecule has 0 unspecified atom stereocenters. The summed E-state index contributed by atoms with van der Waals surface area (Å²) in [4.78, 5) is 29.9. The number of thiazole rings is 1. The molecule has 8 nitrogen and oxygen atoms in total. The summed E-state index contributed by atoms with van der Waals surface area (Å²) in [6, 6.07) is 6.52. The molecule has 34 heavy (non-hydrogen) atoms. The molecule has 0 aliphatic heterocycles. The highest BCUT2D eigenvalue weighted by molar-refractivity contribution is 7.16. The van der Waals surface area contributed by atoms with Crippen LogP contribution >= 0.6 is 34.5 Å². The molecular formula is C23H24Cl2N2O6S. The van der Waals surface area contributed by atoms with Gasteiger partial charge in [-0.1, -0.05) is 34.5 Å². The first-order valence-corrected chi connectivity index (χ1v) is 12.1. The number of rotatable bonds is 9. The van der Waals surface area contributed by atoms with Crippen molar-refractivity contribution in [2.75, 3.05) is 26.9 Å². The number of carbonyl (C=O) groups is 2. The van der Waals surface area contributed by atoms with Crippen LogP contribution in [0.2, 0.25) is 10.0 Å². The summed E-state index contributed by atoms with van der Waals surface area (Å²) in [5, 5.41) is 0.573. The lowest BCUT2D eigenvalue weighted by atomic mass is 10.1. The molecule has 11 heteroatoms. The van der Waals surface area contributed by atoms with E-state index >= 15 is 0 Å². The van der Waals surface area contributed by atoms with Gasteiger partial charge in [-0.15, -0.1) is 0 Å². The number of esters is 1. The van der Waals surface area contributed by atoms with Crippen LogP contribution in [0.4, 0.5) is 0 Å². The zero-order chi connectivity index (χ0) is 24.8. The van der Waals surface area contributed by atoms with Crippen molar-refractivity contribution >= 4 is 56.6 Å². The van der Waals surface area contributed by atoms with Crippen LogP contribution in [0.3, 0.4) is 0 Å². The zero-order valence-corrected chi connectivity index (χ0v) is 21.5. The second-order valence-electron chi connectivity index (χ2n) is 6.77. The van der Waals surface area contributed by atoms with Gasteiger partial charge in [0.25, 0.3) is 5.91 Å². The van der Waals surface area contributed by atoms with Gasteiger partial charge in [-0.2, -0.15) is 4.99 Å². The lowest BCUT2D eigenvalue weighted by molar-refractivity contribution is -0.141. The second-order valence-corrected chi connectivity index (χ2v) is 8.57. The van der Waals surface area contributed by atoms with Gasteiger partial charge in [0.05, 0.1) is 47.2 Å². The fourth-order valence-corrected chi connectivity index (χ4v) is 4.70. The van der Waals surface area contributed by atoms with Crippen molar-refractivity contribution in [2.45, 2.75) is 27.3 Å². The lowest BCUT2D eigenvalue weighted by Gasteiger charge is -2.16. The van der Waals surface area contributed by atoms with Crippen molar-refractivity contribution in [1.29, 1.82) is 0 Å². The maximum atomic E-state index is 13.2. The summed E-state index contributed by atoms with van der Waals surface area (Å²) in [5.74, 6) is 0.0945. The molecule has 0 N–H and O–H groups in total. The summed E-state index contributed by atoms with van der Waals surface area (Å²) in [6.07, 6.45) is 0. The first kappa shape index (κ1) is 25.9. The van der Waals surface area contributed by atoms with Crippen LogP contribution in [0, 0.1) is 0 Å². The monoisotopic (exact) mass is 526 g/mol. The smallest absolute Gasteiger partial charge is 0.325 e. The van der Waals surface area contributed by atoms with Crippen LogP contribution in [0.25, 0.3) is 10.2 Å². The van der Waals surface area contributed by atoms with Crippen LogP contribution in [-0.4, -0.2) is 43.4 Å². The molecule has 0 radical (unpaired) electrons. The minimum Gasteiger partial charge on any atom is -0.490 e. The number of amides is 1. The van der Waals surface area contributed by atoms with E-state index in [4.69, 9.17) is 42.1 Å². The number of aromatic nitrogens is 1. The van der Waals surface area contributed by atoms with E-state index in [1.54, 1.807) is 24.3 Å². The SMILES string of the molecule is CCOc1cc(C(=O)N=c2sc3ccc(Cl)c(Cl)c3n2CC(=O)OC)cc(OCC)c1OCC. The fourth-order valence-electron chi connectivity index (χ4n) is 3.19. The number of hydrogen-bond donors (Lipinski definition) is 0. The number of fused-ring (bicyclic) bond motifs is 1. The molecule has 0 bridgehead atoms. The molecule has 0 atom stereocenters. The third-order valence-corrected chi connectivity index (χ3v) is 6.44. The molecule has 0 saturated carbocycles. The van der Waals surface area contributed by atoms with E-state index in [1.165, 1.54) is 23.0 Å². The minimum absolute atomic E-state index is 0.194.